The highest BCUT2D eigenvalue weighted by Crippen LogP contribution is 2.29. The van der Waals surface area contributed by atoms with E-state index in [1.165, 1.54) is 0 Å². The number of fused-ring (bicyclic) bond motifs is 1. The molecular weight excluding hydrogens is 344 g/mol. The van der Waals surface area contributed by atoms with Crippen LogP contribution in [0.2, 0.25) is 0 Å². The highest BCUT2D eigenvalue weighted by molar-refractivity contribution is 7.20. The zero-order valence-electron chi connectivity index (χ0n) is 15.9. The van der Waals surface area contributed by atoms with Crippen LogP contribution in [0.1, 0.15) is 45.0 Å². The average Bonchev–Trinajstić information content (AvgIpc) is 3.14. The molecule has 0 amide bonds. The van der Waals surface area contributed by atoms with Crippen molar-refractivity contribution in [1.29, 1.82) is 0 Å². The Hall–Kier alpha value is -2.15. The molecule has 4 rings (SSSR count). The molecule has 138 valence electrons. The van der Waals surface area contributed by atoms with Gasteiger partial charge in [0.25, 0.3) is 0 Å². The van der Waals surface area contributed by atoms with Crippen molar-refractivity contribution in [3.05, 3.63) is 35.8 Å². The number of aromatic nitrogens is 4. The molecule has 0 unspecified atom stereocenters. The minimum Gasteiger partial charge on any atom is -0.367 e. The van der Waals surface area contributed by atoms with Crippen LogP contribution >= 0.6 is 11.3 Å². The van der Waals surface area contributed by atoms with E-state index in [-0.39, 0.29) is 5.41 Å². The second kappa shape index (κ2) is 6.54. The summed E-state index contributed by atoms with van der Waals surface area (Å²) in [6.45, 7) is 10.6. The van der Waals surface area contributed by atoms with Crippen LogP contribution in [0.3, 0.4) is 0 Å². The molecule has 4 heterocycles. The molecule has 1 saturated heterocycles. The first-order valence-corrected chi connectivity index (χ1v) is 10.0. The zero-order valence-corrected chi connectivity index (χ0v) is 16.7. The van der Waals surface area contributed by atoms with E-state index in [1.807, 2.05) is 23.6 Å². The lowest BCUT2D eigenvalue weighted by Gasteiger charge is -2.32. The number of pyridine rings is 1. The molecule has 0 aromatic carbocycles. The largest absolute Gasteiger partial charge is 0.367 e. The van der Waals surface area contributed by atoms with E-state index in [2.05, 4.69) is 48.2 Å². The van der Waals surface area contributed by atoms with Crippen molar-refractivity contribution >= 4 is 27.2 Å². The summed E-state index contributed by atoms with van der Waals surface area (Å²) in [7, 11) is 0. The Bertz CT molecular complexity index is 867. The normalized spacial score (nSPS) is 16.4. The molecule has 1 fully saturated rings. The summed E-state index contributed by atoms with van der Waals surface area (Å²) in [5.41, 5.74) is 2.20. The van der Waals surface area contributed by atoms with Gasteiger partial charge in [0.2, 0.25) is 10.1 Å². The summed E-state index contributed by atoms with van der Waals surface area (Å²) >= 11 is 1.68. The predicted molar refractivity (Wildman–Crippen MR) is 107 cm³/mol. The smallest absolute Gasteiger partial charge is 0.214 e. The summed E-state index contributed by atoms with van der Waals surface area (Å²) in [5, 5.41) is 9.39. The zero-order chi connectivity index (χ0) is 18.3. The maximum Gasteiger partial charge on any atom is 0.214 e. The van der Waals surface area contributed by atoms with Gasteiger partial charge < -0.3 is 10.2 Å². The van der Waals surface area contributed by atoms with Crippen molar-refractivity contribution in [3.63, 3.8) is 0 Å². The van der Waals surface area contributed by atoms with Gasteiger partial charge in [0.1, 0.15) is 5.82 Å². The molecule has 7 heteroatoms. The molecule has 0 atom stereocenters. The van der Waals surface area contributed by atoms with E-state index in [1.54, 1.807) is 11.3 Å². The molecule has 1 N–H and O–H groups in total. The molecule has 0 aliphatic carbocycles. The van der Waals surface area contributed by atoms with Gasteiger partial charge in [-0.1, -0.05) is 38.2 Å². The summed E-state index contributed by atoms with van der Waals surface area (Å²) in [5.74, 6) is 0.978. The Morgan fingerprint density at radius 3 is 2.58 bits per heavy atom. The third-order valence-corrected chi connectivity index (χ3v) is 5.79. The first kappa shape index (κ1) is 17.3. The SMILES string of the molecule is Cc1cccc(NC2CCN(c3nn4cc(C(C)(C)C)nc4s3)CC2)n1. The summed E-state index contributed by atoms with van der Waals surface area (Å²) in [6, 6.07) is 6.59. The molecule has 1 aliphatic heterocycles. The topological polar surface area (TPSA) is 58.4 Å². The Morgan fingerprint density at radius 2 is 1.92 bits per heavy atom. The van der Waals surface area contributed by atoms with Crippen molar-refractivity contribution < 1.29 is 0 Å². The van der Waals surface area contributed by atoms with Gasteiger partial charge in [0.05, 0.1) is 11.9 Å². The Morgan fingerprint density at radius 1 is 1.15 bits per heavy atom. The van der Waals surface area contributed by atoms with Crippen LogP contribution in [-0.2, 0) is 5.41 Å². The number of rotatable bonds is 3. The molecular formula is C19H26N6S. The molecule has 1 aliphatic rings. The number of hydrogen-bond donors (Lipinski definition) is 1. The van der Waals surface area contributed by atoms with Gasteiger partial charge in [0.15, 0.2) is 0 Å². The first-order valence-electron chi connectivity index (χ1n) is 9.20. The van der Waals surface area contributed by atoms with E-state index < -0.39 is 0 Å². The van der Waals surface area contributed by atoms with Gasteiger partial charge in [-0.25, -0.2) is 14.5 Å². The fourth-order valence-corrected chi connectivity index (χ4v) is 4.16. The average molecular weight is 371 g/mol. The molecule has 0 spiro atoms. The number of anilines is 2. The molecule has 0 radical (unpaired) electrons. The van der Waals surface area contributed by atoms with Gasteiger partial charge >= 0.3 is 0 Å². The van der Waals surface area contributed by atoms with Crippen molar-refractivity contribution in [3.8, 4) is 0 Å². The van der Waals surface area contributed by atoms with Crippen LogP contribution in [0.5, 0.6) is 0 Å². The maximum absolute atomic E-state index is 4.76. The summed E-state index contributed by atoms with van der Waals surface area (Å²) in [6.07, 6.45) is 4.24. The van der Waals surface area contributed by atoms with Crippen LogP contribution in [0.15, 0.2) is 24.4 Å². The van der Waals surface area contributed by atoms with Crippen molar-refractivity contribution in [1.82, 2.24) is 19.6 Å². The van der Waals surface area contributed by atoms with Crippen LogP contribution < -0.4 is 10.2 Å². The van der Waals surface area contributed by atoms with E-state index in [9.17, 15) is 0 Å². The lowest BCUT2D eigenvalue weighted by Crippen LogP contribution is -2.39. The highest BCUT2D eigenvalue weighted by atomic mass is 32.1. The number of imidazole rings is 1. The third kappa shape index (κ3) is 3.53. The van der Waals surface area contributed by atoms with E-state index >= 15 is 0 Å². The third-order valence-electron chi connectivity index (χ3n) is 4.81. The minimum absolute atomic E-state index is 0.0570. The second-order valence-electron chi connectivity index (χ2n) is 8.06. The molecule has 3 aromatic rings. The lowest BCUT2D eigenvalue weighted by molar-refractivity contribution is 0.523. The highest BCUT2D eigenvalue weighted by Gasteiger charge is 2.24. The van der Waals surface area contributed by atoms with Gasteiger partial charge in [0, 0.05) is 30.2 Å². The number of piperidine rings is 1. The molecule has 0 bridgehead atoms. The molecule has 3 aromatic heterocycles. The van der Waals surface area contributed by atoms with Gasteiger partial charge in [-0.3, -0.25) is 0 Å². The number of nitrogens with zero attached hydrogens (tertiary/aromatic N) is 5. The van der Waals surface area contributed by atoms with Crippen LogP contribution in [0.25, 0.3) is 4.96 Å². The van der Waals surface area contributed by atoms with Gasteiger partial charge in [-0.2, -0.15) is 0 Å². The molecule has 6 nitrogen and oxygen atoms in total. The summed E-state index contributed by atoms with van der Waals surface area (Å²) < 4.78 is 1.93. The van der Waals surface area contributed by atoms with E-state index in [4.69, 9.17) is 10.1 Å². The Labute approximate surface area is 158 Å². The molecule has 26 heavy (non-hydrogen) atoms. The lowest BCUT2D eigenvalue weighted by atomic mass is 9.93. The Kier molecular flexibility index (Phi) is 4.34. The van der Waals surface area contributed by atoms with Crippen molar-refractivity contribution in [2.24, 2.45) is 0 Å². The van der Waals surface area contributed by atoms with Gasteiger partial charge in [-0.15, -0.1) is 5.10 Å². The predicted octanol–water partition coefficient (Wildman–Crippen LogP) is 3.87. The maximum atomic E-state index is 4.76. The van der Waals surface area contributed by atoms with E-state index in [0.29, 0.717) is 6.04 Å². The minimum atomic E-state index is 0.0570. The van der Waals surface area contributed by atoms with Crippen LogP contribution in [0, 0.1) is 6.92 Å². The standard InChI is InChI=1S/C19H26N6S/c1-13-6-5-7-16(20-13)21-14-8-10-24(11-9-14)18-23-25-12-15(19(2,3)4)22-17(25)26-18/h5-7,12,14H,8-11H2,1-4H3,(H,20,21). The van der Waals surface area contributed by atoms with E-state index in [0.717, 1.165) is 53.2 Å². The van der Waals surface area contributed by atoms with Crippen molar-refractivity contribution in [2.75, 3.05) is 23.3 Å². The number of aryl methyl sites for hydroxylation is 1. The van der Waals surface area contributed by atoms with Gasteiger partial charge in [-0.05, 0) is 31.9 Å². The fraction of sp³-hybridized carbons (Fsp3) is 0.526. The fourth-order valence-electron chi connectivity index (χ4n) is 3.23. The van der Waals surface area contributed by atoms with Crippen LogP contribution in [-0.4, -0.2) is 38.7 Å². The summed E-state index contributed by atoms with van der Waals surface area (Å²) in [4.78, 5) is 12.7. The second-order valence-corrected chi connectivity index (χ2v) is 8.99. The number of hydrogen-bond acceptors (Lipinski definition) is 6. The number of nitrogens with one attached hydrogen (secondary N) is 1. The molecule has 0 saturated carbocycles. The van der Waals surface area contributed by atoms with Crippen molar-refractivity contribution in [2.45, 2.75) is 52.0 Å². The Balaban J connectivity index is 1.40. The first-order chi connectivity index (χ1) is 12.4. The van der Waals surface area contributed by atoms with Crippen LogP contribution in [0.4, 0.5) is 10.9 Å². The monoisotopic (exact) mass is 370 g/mol. The quantitative estimate of drug-likeness (QED) is 0.758.